The first-order chi connectivity index (χ1) is 13.4. The van der Waals surface area contributed by atoms with E-state index < -0.39 is 12.0 Å². The molecule has 1 aliphatic heterocycles. The fraction of sp³-hybridized carbons (Fsp3) is 0.550. The number of esters is 1. The van der Waals surface area contributed by atoms with Crippen LogP contribution in [0.25, 0.3) is 0 Å². The molecule has 2 rings (SSSR count). The second kappa shape index (κ2) is 11.3. The van der Waals surface area contributed by atoms with Crippen molar-refractivity contribution < 1.29 is 19.1 Å². The molecular weight excluding hydrogens is 400 g/mol. The quantitative estimate of drug-likeness (QED) is 0.647. The van der Waals surface area contributed by atoms with Gasteiger partial charge in [0.2, 0.25) is 0 Å². The van der Waals surface area contributed by atoms with Crippen molar-refractivity contribution in [3.05, 3.63) is 34.9 Å². The summed E-state index contributed by atoms with van der Waals surface area (Å²) in [5.41, 5.74) is 0.407. The van der Waals surface area contributed by atoms with Crippen LogP contribution >= 0.6 is 23.4 Å². The summed E-state index contributed by atoms with van der Waals surface area (Å²) in [4.78, 5) is 38.9. The SMILES string of the molecule is CSCC[C@@H](NC(=O)c1ccc(Cl)cc1)C(=O)OCC(=O)N1CCC[C@H](C)C1. The summed E-state index contributed by atoms with van der Waals surface area (Å²) in [7, 11) is 0. The molecule has 2 atom stereocenters. The van der Waals surface area contributed by atoms with Gasteiger partial charge in [0.15, 0.2) is 6.61 Å². The zero-order chi connectivity index (χ0) is 20.5. The van der Waals surface area contributed by atoms with E-state index in [0.717, 1.165) is 12.8 Å². The van der Waals surface area contributed by atoms with Crippen molar-refractivity contribution in [1.82, 2.24) is 10.2 Å². The van der Waals surface area contributed by atoms with Gasteiger partial charge in [0.05, 0.1) is 0 Å². The van der Waals surface area contributed by atoms with E-state index in [1.807, 2.05) is 6.26 Å². The zero-order valence-electron chi connectivity index (χ0n) is 16.3. The highest BCUT2D eigenvalue weighted by Crippen LogP contribution is 2.15. The molecule has 0 bridgehead atoms. The van der Waals surface area contributed by atoms with Crippen LogP contribution < -0.4 is 5.32 Å². The highest BCUT2D eigenvalue weighted by atomic mass is 35.5. The van der Waals surface area contributed by atoms with Crippen LogP contribution in [-0.4, -0.2) is 60.4 Å². The third-order valence-corrected chi connectivity index (χ3v) is 5.55. The fourth-order valence-electron chi connectivity index (χ4n) is 3.07. The first kappa shape index (κ1) is 22.6. The number of hydrogen-bond donors (Lipinski definition) is 1. The summed E-state index contributed by atoms with van der Waals surface area (Å²) >= 11 is 7.41. The normalized spacial score (nSPS) is 17.7. The Balaban J connectivity index is 1.91. The molecule has 0 spiro atoms. The molecule has 1 saturated heterocycles. The fourth-order valence-corrected chi connectivity index (χ4v) is 3.67. The number of nitrogens with one attached hydrogen (secondary N) is 1. The molecule has 1 aliphatic rings. The second-order valence-electron chi connectivity index (χ2n) is 7.01. The van der Waals surface area contributed by atoms with E-state index in [-0.39, 0.29) is 18.4 Å². The van der Waals surface area contributed by atoms with Crippen molar-refractivity contribution in [2.75, 3.05) is 31.7 Å². The van der Waals surface area contributed by atoms with Gasteiger partial charge in [-0.1, -0.05) is 18.5 Å². The molecular formula is C20H27ClN2O4S. The molecule has 1 aromatic carbocycles. The predicted molar refractivity (Wildman–Crippen MR) is 112 cm³/mol. The number of hydrogen-bond acceptors (Lipinski definition) is 5. The van der Waals surface area contributed by atoms with E-state index in [0.29, 0.717) is 41.8 Å². The number of rotatable bonds is 8. The summed E-state index contributed by atoms with van der Waals surface area (Å²) < 4.78 is 5.23. The van der Waals surface area contributed by atoms with E-state index >= 15 is 0 Å². The molecule has 6 nitrogen and oxygen atoms in total. The van der Waals surface area contributed by atoms with Gasteiger partial charge in [-0.2, -0.15) is 11.8 Å². The second-order valence-corrected chi connectivity index (χ2v) is 8.43. The number of piperidine rings is 1. The van der Waals surface area contributed by atoms with Crippen LogP contribution in [0.3, 0.4) is 0 Å². The Morgan fingerprint density at radius 1 is 1.32 bits per heavy atom. The first-order valence-corrected chi connectivity index (χ1v) is 11.2. The number of amides is 2. The average molecular weight is 427 g/mol. The van der Waals surface area contributed by atoms with Crippen molar-refractivity contribution >= 4 is 41.1 Å². The molecule has 0 aliphatic carbocycles. The monoisotopic (exact) mass is 426 g/mol. The van der Waals surface area contributed by atoms with E-state index in [1.165, 1.54) is 0 Å². The molecule has 1 heterocycles. The van der Waals surface area contributed by atoms with Crippen molar-refractivity contribution in [2.45, 2.75) is 32.2 Å². The smallest absolute Gasteiger partial charge is 0.329 e. The third kappa shape index (κ3) is 7.02. The maximum Gasteiger partial charge on any atom is 0.329 e. The number of nitrogens with zero attached hydrogens (tertiary/aromatic N) is 1. The minimum Gasteiger partial charge on any atom is -0.454 e. The predicted octanol–water partition coefficient (Wildman–Crippen LogP) is 2.99. The van der Waals surface area contributed by atoms with Gasteiger partial charge in [0.1, 0.15) is 6.04 Å². The Kier molecular flexibility index (Phi) is 9.12. The number of thioether (sulfide) groups is 1. The molecule has 0 aromatic heterocycles. The number of likely N-dealkylation sites (tertiary alicyclic amines) is 1. The van der Waals surface area contributed by atoms with Gasteiger partial charge in [-0.3, -0.25) is 9.59 Å². The first-order valence-electron chi connectivity index (χ1n) is 9.40. The van der Waals surface area contributed by atoms with E-state index in [4.69, 9.17) is 16.3 Å². The number of ether oxygens (including phenoxy) is 1. The number of halogens is 1. The van der Waals surface area contributed by atoms with Gasteiger partial charge < -0.3 is 15.0 Å². The van der Waals surface area contributed by atoms with Gasteiger partial charge in [-0.05, 0) is 61.5 Å². The van der Waals surface area contributed by atoms with Gasteiger partial charge in [0.25, 0.3) is 11.8 Å². The molecule has 0 saturated carbocycles. The summed E-state index contributed by atoms with van der Waals surface area (Å²) in [6.07, 6.45) is 4.42. The molecule has 8 heteroatoms. The van der Waals surface area contributed by atoms with Gasteiger partial charge >= 0.3 is 5.97 Å². The van der Waals surface area contributed by atoms with E-state index in [9.17, 15) is 14.4 Å². The lowest BCUT2D eigenvalue weighted by Crippen LogP contribution is -2.45. The number of carbonyl (C=O) groups is 3. The summed E-state index contributed by atoms with van der Waals surface area (Å²) in [5.74, 6) is -0.0160. The van der Waals surface area contributed by atoms with Crippen LogP contribution in [0.4, 0.5) is 0 Å². The van der Waals surface area contributed by atoms with Crippen LogP contribution in [0, 0.1) is 5.92 Å². The Hall–Kier alpha value is -1.73. The molecule has 0 radical (unpaired) electrons. The van der Waals surface area contributed by atoms with Crippen molar-refractivity contribution in [2.24, 2.45) is 5.92 Å². The molecule has 1 N–H and O–H groups in total. The standard InChI is InChI=1S/C20H27ClN2O4S/c1-14-4-3-10-23(12-14)18(24)13-27-20(26)17(9-11-28-2)22-19(25)15-5-7-16(21)8-6-15/h5-8,14,17H,3-4,9-13H2,1-2H3,(H,22,25)/t14-,17+/m0/s1. The van der Waals surface area contributed by atoms with Crippen molar-refractivity contribution in [3.63, 3.8) is 0 Å². The molecule has 2 amide bonds. The lowest BCUT2D eigenvalue weighted by molar-refractivity contribution is -0.154. The summed E-state index contributed by atoms with van der Waals surface area (Å²) in [6, 6.07) is 5.61. The van der Waals surface area contributed by atoms with Gasteiger partial charge in [0, 0.05) is 23.7 Å². The Morgan fingerprint density at radius 3 is 2.68 bits per heavy atom. The van der Waals surface area contributed by atoms with Crippen molar-refractivity contribution in [3.8, 4) is 0 Å². The Labute approximate surface area is 175 Å². The summed E-state index contributed by atoms with van der Waals surface area (Å²) in [6.45, 7) is 3.21. The Morgan fingerprint density at radius 2 is 2.04 bits per heavy atom. The number of benzene rings is 1. The van der Waals surface area contributed by atoms with Crippen LogP contribution in [-0.2, 0) is 14.3 Å². The van der Waals surface area contributed by atoms with Crippen molar-refractivity contribution in [1.29, 1.82) is 0 Å². The molecule has 1 aromatic rings. The largest absolute Gasteiger partial charge is 0.454 e. The third-order valence-electron chi connectivity index (χ3n) is 4.65. The Bertz CT molecular complexity index is 683. The highest BCUT2D eigenvalue weighted by molar-refractivity contribution is 7.98. The van der Waals surface area contributed by atoms with Gasteiger partial charge in [-0.25, -0.2) is 4.79 Å². The van der Waals surface area contributed by atoms with Crippen LogP contribution in [0.5, 0.6) is 0 Å². The lowest BCUT2D eigenvalue weighted by Gasteiger charge is -2.30. The molecule has 1 fully saturated rings. The van der Waals surface area contributed by atoms with E-state index in [1.54, 1.807) is 40.9 Å². The molecule has 0 unspecified atom stereocenters. The van der Waals surface area contributed by atoms with Gasteiger partial charge in [-0.15, -0.1) is 0 Å². The zero-order valence-corrected chi connectivity index (χ0v) is 17.9. The number of carbonyl (C=O) groups excluding carboxylic acids is 3. The molecule has 154 valence electrons. The average Bonchev–Trinajstić information content (AvgIpc) is 2.69. The van der Waals surface area contributed by atoms with Crippen LogP contribution in [0.15, 0.2) is 24.3 Å². The maximum atomic E-state index is 12.5. The lowest BCUT2D eigenvalue weighted by atomic mass is 10.0. The summed E-state index contributed by atoms with van der Waals surface area (Å²) in [5, 5.41) is 3.23. The van der Waals surface area contributed by atoms with Crippen LogP contribution in [0.1, 0.15) is 36.5 Å². The van der Waals surface area contributed by atoms with Crippen LogP contribution in [0.2, 0.25) is 5.02 Å². The maximum absolute atomic E-state index is 12.5. The topological polar surface area (TPSA) is 75.7 Å². The van der Waals surface area contributed by atoms with E-state index in [2.05, 4.69) is 12.2 Å². The minimum atomic E-state index is -0.802. The highest BCUT2D eigenvalue weighted by Gasteiger charge is 2.26. The minimum absolute atomic E-state index is 0.187. The molecule has 28 heavy (non-hydrogen) atoms.